The average molecular weight is 320 g/mol. The van der Waals surface area contributed by atoms with Gasteiger partial charge in [0, 0.05) is 17.3 Å². The first-order valence-electron chi connectivity index (χ1n) is 6.85. The first-order valence-corrected chi connectivity index (χ1v) is 7.23. The largest absolute Gasteiger partial charge is 0.345 e. The van der Waals surface area contributed by atoms with Crippen molar-refractivity contribution < 1.29 is 4.79 Å². The third-order valence-electron chi connectivity index (χ3n) is 3.74. The number of nitrogens with one attached hydrogen (secondary N) is 2. The highest BCUT2D eigenvalue weighted by Gasteiger charge is 2.45. The van der Waals surface area contributed by atoms with Crippen molar-refractivity contribution in [3.05, 3.63) is 68.0 Å². The summed E-state index contributed by atoms with van der Waals surface area (Å²) in [4.78, 5) is 36.9. The number of benzene rings is 1. The van der Waals surface area contributed by atoms with Crippen molar-refractivity contribution in [3.8, 4) is 0 Å². The van der Waals surface area contributed by atoms with Gasteiger partial charge in [-0.15, -0.1) is 0 Å². The third kappa shape index (κ3) is 2.96. The summed E-state index contributed by atoms with van der Waals surface area (Å²) in [6.07, 6.45) is 3.00. The Balaban J connectivity index is 1.73. The number of nitrogens with zero attached hydrogens (tertiary/aromatic N) is 1. The minimum atomic E-state index is -0.598. The number of hydrogen-bond donors (Lipinski definition) is 2. The van der Waals surface area contributed by atoms with E-state index >= 15 is 0 Å². The number of rotatable bonds is 4. The highest BCUT2D eigenvalue weighted by atomic mass is 35.5. The van der Waals surface area contributed by atoms with Crippen LogP contribution in [0.15, 0.2) is 46.1 Å². The Hall–Kier alpha value is -2.34. The maximum Gasteiger partial charge on any atom is 0.328 e. The number of halogens is 1. The van der Waals surface area contributed by atoms with E-state index in [0.717, 1.165) is 23.0 Å². The van der Waals surface area contributed by atoms with Gasteiger partial charge in [-0.1, -0.05) is 23.7 Å². The standard InChI is InChI=1S/C15H14ClN3O3/c16-11-3-1-10(2-4-11)15(6-7-15)18-13(21)9-19-8-5-12(20)17-14(19)22/h1-5,8H,6-7,9H2,(H,18,21)(H,17,20,22). The highest BCUT2D eigenvalue weighted by Crippen LogP contribution is 2.45. The molecule has 6 nitrogen and oxygen atoms in total. The first-order chi connectivity index (χ1) is 10.5. The second-order valence-electron chi connectivity index (χ2n) is 5.38. The number of hydrogen-bond acceptors (Lipinski definition) is 3. The van der Waals surface area contributed by atoms with Crippen LogP contribution in [0, 0.1) is 0 Å². The van der Waals surface area contributed by atoms with E-state index in [1.165, 1.54) is 12.3 Å². The van der Waals surface area contributed by atoms with Crippen LogP contribution in [0.4, 0.5) is 0 Å². The summed E-state index contributed by atoms with van der Waals surface area (Å²) in [5, 5.41) is 3.60. The minimum absolute atomic E-state index is 0.134. The Morgan fingerprint density at radius 1 is 1.23 bits per heavy atom. The smallest absolute Gasteiger partial charge is 0.328 e. The Morgan fingerprint density at radius 3 is 2.50 bits per heavy atom. The topological polar surface area (TPSA) is 84.0 Å². The molecule has 1 saturated carbocycles. The maximum atomic E-state index is 12.2. The maximum absolute atomic E-state index is 12.2. The van der Waals surface area contributed by atoms with Crippen molar-refractivity contribution in [2.75, 3.05) is 0 Å². The Kier molecular flexibility index (Phi) is 3.62. The molecule has 1 amide bonds. The van der Waals surface area contributed by atoms with Gasteiger partial charge < -0.3 is 5.32 Å². The molecule has 0 atom stereocenters. The molecule has 1 aromatic heterocycles. The van der Waals surface area contributed by atoms with Crippen molar-refractivity contribution in [2.24, 2.45) is 0 Å². The Labute approximate surface area is 130 Å². The molecule has 3 rings (SSSR count). The van der Waals surface area contributed by atoms with Gasteiger partial charge in [-0.25, -0.2) is 4.79 Å². The van der Waals surface area contributed by atoms with Gasteiger partial charge in [0.05, 0.1) is 5.54 Å². The lowest BCUT2D eigenvalue weighted by Crippen LogP contribution is -2.40. The number of carbonyl (C=O) groups is 1. The van der Waals surface area contributed by atoms with E-state index in [4.69, 9.17) is 11.6 Å². The van der Waals surface area contributed by atoms with Crippen LogP contribution >= 0.6 is 11.6 Å². The van der Waals surface area contributed by atoms with Gasteiger partial charge >= 0.3 is 5.69 Å². The summed E-state index contributed by atoms with van der Waals surface area (Å²) in [5.74, 6) is -0.276. The summed E-state index contributed by atoms with van der Waals surface area (Å²) in [5.41, 5.74) is -0.451. The average Bonchev–Trinajstić information content (AvgIpc) is 3.23. The molecule has 0 radical (unpaired) electrons. The number of aromatic nitrogens is 2. The van der Waals surface area contributed by atoms with E-state index in [1.807, 2.05) is 12.1 Å². The summed E-state index contributed by atoms with van der Waals surface area (Å²) >= 11 is 5.87. The lowest BCUT2D eigenvalue weighted by Gasteiger charge is -2.18. The number of carbonyl (C=O) groups excluding carboxylic acids is 1. The molecular weight excluding hydrogens is 306 g/mol. The van der Waals surface area contributed by atoms with Crippen LogP contribution in [0.1, 0.15) is 18.4 Å². The first kappa shape index (κ1) is 14.6. The number of aromatic amines is 1. The van der Waals surface area contributed by atoms with E-state index in [1.54, 1.807) is 12.1 Å². The molecule has 0 unspecified atom stereocenters. The van der Waals surface area contributed by atoms with Crippen LogP contribution in [0.3, 0.4) is 0 Å². The molecule has 1 aliphatic rings. The van der Waals surface area contributed by atoms with Crippen LogP contribution in [0.5, 0.6) is 0 Å². The number of amides is 1. The summed E-state index contributed by atoms with van der Waals surface area (Å²) in [6, 6.07) is 8.56. The Bertz CT molecular complexity index is 819. The highest BCUT2D eigenvalue weighted by molar-refractivity contribution is 6.30. The molecule has 0 saturated heterocycles. The van der Waals surface area contributed by atoms with E-state index in [2.05, 4.69) is 10.3 Å². The van der Waals surface area contributed by atoms with Gasteiger partial charge in [-0.05, 0) is 30.5 Å². The van der Waals surface area contributed by atoms with E-state index in [0.29, 0.717) is 5.02 Å². The van der Waals surface area contributed by atoms with Crippen LogP contribution in [-0.4, -0.2) is 15.5 Å². The van der Waals surface area contributed by atoms with Crippen molar-refractivity contribution in [2.45, 2.75) is 24.9 Å². The summed E-state index contributed by atoms with van der Waals surface area (Å²) in [7, 11) is 0. The second-order valence-corrected chi connectivity index (χ2v) is 5.81. The quantitative estimate of drug-likeness (QED) is 0.881. The van der Waals surface area contributed by atoms with Gasteiger partial charge in [0.15, 0.2) is 0 Å². The fourth-order valence-electron chi connectivity index (χ4n) is 2.41. The molecule has 0 bridgehead atoms. The monoisotopic (exact) mass is 319 g/mol. The fourth-order valence-corrected chi connectivity index (χ4v) is 2.54. The predicted molar refractivity (Wildman–Crippen MR) is 81.8 cm³/mol. The van der Waals surface area contributed by atoms with E-state index < -0.39 is 11.2 Å². The Morgan fingerprint density at radius 2 is 1.91 bits per heavy atom. The van der Waals surface area contributed by atoms with Crippen LogP contribution in [-0.2, 0) is 16.9 Å². The van der Waals surface area contributed by atoms with Gasteiger partial charge in [-0.3, -0.25) is 19.1 Å². The zero-order chi connectivity index (χ0) is 15.7. The van der Waals surface area contributed by atoms with Crippen molar-refractivity contribution in [1.82, 2.24) is 14.9 Å². The minimum Gasteiger partial charge on any atom is -0.345 e. The van der Waals surface area contributed by atoms with Gasteiger partial charge in [0.1, 0.15) is 6.54 Å². The molecule has 1 heterocycles. The molecule has 0 spiro atoms. The molecule has 1 aliphatic carbocycles. The molecule has 2 N–H and O–H groups in total. The molecule has 114 valence electrons. The van der Waals surface area contributed by atoms with Crippen molar-refractivity contribution >= 4 is 17.5 Å². The van der Waals surface area contributed by atoms with E-state index in [9.17, 15) is 14.4 Å². The summed E-state index contributed by atoms with van der Waals surface area (Å²) in [6.45, 7) is -0.134. The zero-order valence-electron chi connectivity index (χ0n) is 11.6. The molecule has 0 aliphatic heterocycles. The summed E-state index contributed by atoms with van der Waals surface area (Å²) < 4.78 is 1.16. The molecule has 1 aromatic carbocycles. The van der Waals surface area contributed by atoms with Crippen LogP contribution in [0.25, 0.3) is 0 Å². The molecule has 22 heavy (non-hydrogen) atoms. The van der Waals surface area contributed by atoms with Gasteiger partial charge in [-0.2, -0.15) is 0 Å². The van der Waals surface area contributed by atoms with E-state index in [-0.39, 0.29) is 18.0 Å². The van der Waals surface area contributed by atoms with Crippen LogP contribution in [0.2, 0.25) is 5.02 Å². The van der Waals surface area contributed by atoms with Crippen molar-refractivity contribution in [3.63, 3.8) is 0 Å². The fraction of sp³-hybridized carbons (Fsp3) is 0.267. The van der Waals surface area contributed by atoms with Gasteiger partial charge in [0.2, 0.25) is 5.91 Å². The third-order valence-corrected chi connectivity index (χ3v) is 3.99. The zero-order valence-corrected chi connectivity index (χ0v) is 12.4. The molecule has 1 fully saturated rings. The predicted octanol–water partition coefficient (Wildman–Crippen LogP) is 0.996. The SMILES string of the molecule is O=C(Cn1ccc(=O)[nH]c1=O)NC1(c2ccc(Cl)cc2)CC1. The molecule has 2 aromatic rings. The normalized spacial score (nSPS) is 15.3. The van der Waals surface area contributed by atoms with Crippen LogP contribution < -0.4 is 16.6 Å². The van der Waals surface area contributed by atoms with Gasteiger partial charge in [0.25, 0.3) is 5.56 Å². The number of H-pyrrole nitrogens is 1. The second kappa shape index (κ2) is 5.46. The van der Waals surface area contributed by atoms with Crippen molar-refractivity contribution in [1.29, 1.82) is 0 Å². The molecule has 7 heteroatoms. The lowest BCUT2D eigenvalue weighted by molar-refractivity contribution is -0.122. The molecular formula is C15H14ClN3O3. The lowest BCUT2D eigenvalue weighted by atomic mass is 10.1.